The van der Waals surface area contributed by atoms with Crippen LogP contribution in [0.15, 0.2) is 23.2 Å². The quantitative estimate of drug-likeness (QED) is 0.239. The van der Waals surface area contributed by atoms with E-state index in [4.69, 9.17) is 19.2 Å². The number of hydrogen-bond acceptors (Lipinski definition) is 4. The van der Waals surface area contributed by atoms with Crippen molar-refractivity contribution in [1.29, 1.82) is 0 Å². The highest BCUT2D eigenvalue weighted by Crippen LogP contribution is 2.26. The van der Waals surface area contributed by atoms with E-state index < -0.39 is 0 Å². The van der Waals surface area contributed by atoms with Crippen LogP contribution in [-0.4, -0.2) is 69.6 Å². The van der Waals surface area contributed by atoms with Gasteiger partial charge in [-0.05, 0) is 51.2 Å². The third-order valence-corrected chi connectivity index (χ3v) is 5.51. The fourth-order valence-corrected chi connectivity index (χ4v) is 3.98. The minimum Gasteiger partial charge on any atom is -0.379 e. The summed E-state index contributed by atoms with van der Waals surface area (Å²) in [5, 5.41) is 3.44. The molecular formula is C23H38IN3O3. The minimum absolute atomic E-state index is 0. The second-order valence-electron chi connectivity index (χ2n) is 7.96. The summed E-state index contributed by atoms with van der Waals surface area (Å²) in [5.41, 5.74) is 3.86. The summed E-state index contributed by atoms with van der Waals surface area (Å²) in [7, 11) is 0. The molecule has 170 valence electrons. The molecule has 1 aromatic carbocycles. The Morgan fingerprint density at radius 1 is 1.27 bits per heavy atom. The van der Waals surface area contributed by atoms with Crippen molar-refractivity contribution in [3.05, 3.63) is 34.9 Å². The van der Waals surface area contributed by atoms with Gasteiger partial charge in [0.25, 0.3) is 0 Å². The van der Waals surface area contributed by atoms with Crippen molar-refractivity contribution < 1.29 is 14.2 Å². The lowest BCUT2D eigenvalue weighted by Gasteiger charge is -2.36. The molecule has 0 aromatic heterocycles. The molecule has 6 nitrogen and oxygen atoms in total. The summed E-state index contributed by atoms with van der Waals surface area (Å²) in [6.07, 6.45) is 3.59. The maximum absolute atomic E-state index is 6.09. The lowest BCUT2D eigenvalue weighted by molar-refractivity contribution is -0.00837. The van der Waals surface area contributed by atoms with E-state index in [1.54, 1.807) is 0 Å². The van der Waals surface area contributed by atoms with Gasteiger partial charge >= 0.3 is 0 Å². The SMILES string of the molecule is CCNC(=NCCCOCC1CCCO1)N1CCOC(c2ccc(C)cc2C)C1.I. The van der Waals surface area contributed by atoms with E-state index in [0.717, 1.165) is 64.6 Å². The molecule has 2 atom stereocenters. The second-order valence-corrected chi connectivity index (χ2v) is 7.96. The van der Waals surface area contributed by atoms with Gasteiger partial charge in [0.2, 0.25) is 0 Å². The molecule has 2 fully saturated rings. The van der Waals surface area contributed by atoms with Crippen LogP contribution in [0.2, 0.25) is 0 Å². The van der Waals surface area contributed by atoms with E-state index in [9.17, 15) is 0 Å². The molecule has 0 spiro atoms. The van der Waals surface area contributed by atoms with Crippen LogP contribution in [0.4, 0.5) is 0 Å². The lowest BCUT2D eigenvalue weighted by Crippen LogP contribution is -2.48. The molecule has 2 saturated heterocycles. The molecule has 0 saturated carbocycles. The highest BCUT2D eigenvalue weighted by Gasteiger charge is 2.25. The number of aliphatic imine (C=N–C) groups is 1. The molecule has 1 aromatic rings. The van der Waals surface area contributed by atoms with Crippen LogP contribution in [0.5, 0.6) is 0 Å². The standard InChI is InChI=1S/C23H37N3O3.HI/c1-4-24-23(25-10-6-12-27-17-20-7-5-13-28-20)26-11-14-29-22(16-26)21-9-8-18(2)15-19(21)3;/h8-9,15,20,22H,4-7,10-14,16-17H2,1-3H3,(H,24,25);1H. The molecule has 2 unspecified atom stereocenters. The van der Waals surface area contributed by atoms with Crippen LogP contribution in [0.25, 0.3) is 0 Å². The maximum atomic E-state index is 6.09. The Kier molecular flexibility index (Phi) is 11.4. The summed E-state index contributed by atoms with van der Waals surface area (Å²) in [6, 6.07) is 6.60. The van der Waals surface area contributed by atoms with Crippen molar-refractivity contribution in [3.8, 4) is 0 Å². The normalized spacial score (nSPS) is 22.1. The van der Waals surface area contributed by atoms with Crippen molar-refractivity contribution in [2.45, 2.75) is 52.2 Å². The Bertz CT molecular complexity index is 665. The van der Waals surface area contributed by atoms with Crippen molar-refractivity contribution in [3.63, 3.8) is 0 Å². The van der Waals surface area contributed by atoms with Gasteiger partial charge in [0, 0.05) is 32.8 Å². The third-order valence-electron chi connectivity index (χ3n) is 5.51. The van der Waals surface area contributed by atoms with Crippen molar-refractivity contribution in [2.75, 3.05) is 52.6 Å². The average molecular weight is 531 g/mol. The lowest BCUT2D eigenvalue weighted by atomic mass is 10.00. The number of ether oxygens (including phenoxy) is 3. The predicted molar refractivity (Wildman–Crippen MR) is 132 cm³/mol. The van der Waals surface area contributed by atoms with Gasteiger partial charge in [-0.3, -0.25) is 4.99 Å². The van der Waals surface area contributed by atoms with Gasteiger partial charge < -0.3 is 24.4 Å². The number of benzene rings is 1. The van der Waals surface area contributed by atoms with Crippen LogP contribution in [-0.2, 0) is 14.2 Å². The molecule has 7 heteroatoms. The van der Waals surface area contributed by atoms with E-state index >= 15 is 0 Å². The first-order valence-electron chi connectivity index (χ1n) is 11.1. The topological polar surface area (TPSA) is 55.3 Å². The number of morpholine rings is 1. The molecule has 0 bridgehead atoms. The van der Waals surface area contributed by atoms with Gasteiger partial charge in [0.05, 0.1) is 25.9 Å². The molecule has 1 N–H and O–H groups in total. The number of guanidine groups is 1. The van der Waals surface area contributed by atoms with Crippen molar-refractivity contribution in [2.24, 2.45) is 4.99 Å². The van der Waals surface area contributed by atoms with E-state index in [1.807, 2.05) is 0 Å². The Balaban J connectivity index is 0.00000320. The maximum Gasteiger partial charge on any atom is 0.194 e. The molecule has 2 aliphatic rings. The van der Waals surface area contributed by atoms with Gasteiger partial charge in [0.15, 0.2) is 5.96 Å². The Hall–Kier alpha value is -0.900. The summed E-state index contributed by atoms with van der Waals surface area (Å²) in [4.78, 5) is 7.16. The smallest absolute Gasteiger partial charge is 0.194 e. The van der Waals surface area contributed by atoms with Gasteiger partial charge in [0.1, 0.15) is 6.10 Å². The number of aryl methyl sites for hydroxylation is 2. The van der Waals surface area contributed by atoms with Crippen molar-refractivity contribution in [1.82, 2.24) is 10.2 Å². The van der Waals surface area contributed by atoms with E-state index in [0.29, 0.717) is 19.3 Å². The summed E-state index contributed by atoms with van der Waals surface area (Å²) >= 11 is 0. The highest BCUT2D eigenvalue weighted by atomic mass is 127. The van der Waals surface area contributed by atoms with Crippen LogP contribution < -0.4 is 5.32 Å². The zero-order valence-corrected chi connectivity index (χ0v) is 21.0. The molecule has 30 heavy (non-hydrogen) atoms. The van der Waals surface area contributed by atoms with Gasteiger partial charge in [-0.25, -0.2) is 0 Å². The first kappa shape index (κ1) is 25.4. The van der Waals surface area contributed by atoms with Crippen LogP contribution in [0.3, 0.4) is 0 Å². The average Bonchev–Trinajstić information content (AvgIpc) is 3.23. The molecule has 3 rings (SSSR count). The van der Waals surface area contributed by atoms with Crippen molar-refractivity contribution >= 4 is 29.9 Å². The fraction of sp³-hybridized carbons (Fsp3) is 0.696. The predicted octanol–water partition coefficient (Wildman–Crippen LogP) is 3.85. The summed E-state index contributed by atoms with van der Waals surface area (Å²) in [5.74, 6) is 0.977. The Morgan fingerprint density at radius 3 is 2.87 bits per heavy atom. The molecule has 2 heterocycles. The summed E-state index contributed by atoms with van der Waals surface area (Å²) < 4.78 is 17.4. The first-order valence-corrected chi connectivity index (χ1v) is 11.1. The van der Waals surface area contributed by atoms with E-state index in [1.165, 1.54) is 16.7 Å². The number of nitrogens with one attached hydrogen (secondary N) is 1. The second kappa shape index (κ2) is 13.5. The summed E-state index contributed by atoms with van der Waals surface area (Å²) in [6.45, 7) is 12.8. The monoisotopic (exact) mass is 531 g/mol. The number of halogens is 1. The van der Waals surface area contributed by atoms with Crippen LogP contribution in [0.1, 0.15) is 49.0 Å². The minimum atomic E-state index is 0. The molecule has 0 radical (unpaired) electrons. The Labute approximate surface area is 198 Å². The largest absolute Gasteiger partial charge is 0.379 e. The molecular weight excluding hydrogens is 493 g/mol. The molecule has 0 amide bonds. The first-order chi connectivity index (χ1) is 14.2. The van der Waals surface area contributed by atoms with E-state index in [2.05, 4.69) is 49.2 Å². The third kappa shape index (κ3) is 7.66. The van der Waals surface area contributed by atoms with Gasteiger partial charge in [-0.1, -0.05) is 23.8 Å². The van der Waals surface area contributed by atoms with E-state index in [-0.39, 0.29) is 30.1 Å². The van der Waals surface area contributed by atoms with Crippen LogP contribution >= 0.6 is 24.0 Å². The van der Waals surface area contributed by atoms with Gasteiger partial charge in [-0.15, -0.1) is 24.0 Å². The van der Waals surface area contributed by atoms with Crippen LogP contribution in [0, 0.1) is 13.8 Å². The van der Waals surface area contributed by atoms with Gasteiger partial charge in [-0.2, -0.15) is 0 Å². The zero-order valence-electron chi connectivity index (χ0n) is 18.7. The number of hydrogen-bond donors (Lipinski definition) is 1. The zero-order chi connectivity index (χ0) is 20.5. The number of nitrogens with zero attached hydrogens (tertiary/aromatic N) is 2. The highest BCUT2D eigenvalue weighted by molar-refractivity contribution is 14.0. The Morgan fingerprint density at radius 2 is 2.13 bits per heavy atom. The number of rotatable bonds is 8. The molecule has 2 aliphatic heterocycles. The molecule has 0 aliphatic carbocycles. The fourth-order valence-electron chi connectivity index (χ4n) is 3.98.